The van der Waals surface area contributed by atoms with Gasteiger partial charge in [0, 0.05) is 17.8 Å². The molecule has 0 spiro atoms. The second-order valence-corrected chi connectivity index (χ2v) is 7.70. The minimum Gasteiger partial charge on any atom is -0.349 e. The summed E-state index contributed by atoms with van der Waals surface area (Å²) in [5, 5.41) is 3.50. The van der Waals surface area contributed by atoms with Crippen LogP contribution in [0.15, 0.2) is 30.3 Å². The van der Waals surface area contributed by atoms with Crippen LogP contribution in [0.2, 0.25) is 14.4 Å². The molecule has 9 heteroatoms. The number of H-pyrrole nitrogens is 1. The molecule has 0 aliphatic rings. The van der Waals surface area contributed by atoms with Crippen LogP contribution in [0.1, 0.15) is 10.5 Å². The third kappa shape index (κ3) is 3.77. The molecule has 0 unspecified atom stereocenters. The Bertz CT molecular complexity index is 967. The summed E-state index contributed by atoms with van der Waals surface area (Å²) in [5.74, 6) is -0.673. The van der Waals surface area contributed by atoms with Gasteiger partial charge in [0.1, 0.15) is 10.0 Å². The van der Waals surface area contributed by atoms with E-state index in [0.717, 1.165) is 4.70 Å². The number of rotatable bonds is 4. The Balaban J connectivity index is 1.65. The number of nitrogens with one attached hydrogen (secondary N) is 2. The molecule has 130 valence electrons. The maximum Gasteiger partial charge on any atom is 0.268 e. The molecule has 0 atom stereocenters. The molecule has 3 aromatic rings. The third-order valence-electron chi connectivity index (χ3n) is 3.59. The number of aromatic nitrogens is 1. The number of fused-ring (bicyclic) bond motifs is 1. The van der Waals surface area contributed by atoms with E-state index in [2.05, 4.69) is 10.3 Å². The lowest BCUT2D eigenvalue weighted by molar-refractivity contribution is -0.117. The van der Waals surface area contributed by atoms with Crippen LogP contribution in [-0.2, 0) is 4.79 Å². The average molecular weight is 417 g/mol. The molecule has 0 saturated carbocycles. The Morgan fingerprint density at radius 1 is 1.24 bits per heavy atom. The molecule has 2 amide bonds. The number of aromatic amines is 1. The van der Waals surface area contributed by atoms with Crippen LogP contribution in [0.25, 0.3) is 10.2 Å². The van der Waals surface area contributed by atoms with Crippen LogP contribution in [0.3, 0.4) is 0 Å². The van der Waals surface area contributed by atoms with Crippen LogP contribution >= 0.6 is 46.1 Å². The van der Waals surface area contributed by atoms with Crippen LogP contribution in [0, 0.1) is 0 Å². The van der Waals surface area contributed by atoms with E-state index in [-0.39, 0.29) is 12.5 Å². The zero-order chi connectivity index (χ0) is 18.1. The lowest BCUT2D eigenvalue weighted by Crippen LogP contribution is -2.38. The third-order valence-corrected chi connectivity index (χ3v) is 5.76. The average Bonchev–Trinajstić information content (AvgIpc) is 3.11. The van der Waals surface area contributed by atoms with E-state index in [4.69, 9.17) is 34.8 Å². The number of hydrogen-bond acceptors (Lipinski definition) is 3. The zero-order valence-electron chi connectivity index (χ0n) is 12.9. The van der Waals surface area contributed by atoms with Crippen molar-refractivity contribution in [3.8, 4) is 0 Å². The van der Waals surface area contributed by atoms with Crippen molar-refractivity contribution in [3.63, 3.8) is 0 Å². The smallest absolute Gasteiger partial charge is 0.268 e. The van der Waals surface area contributed by atoms with Gasteiger partial charge in [-0.25, -0.2) is 0 Å². The summed E-state index contributed by atoms with van der Waals surface area (Å²) in [6, 6.07) is 8.56. The van der Waals surface area contributed by atoms with Crippen LogP contribution in [-0.4, -0.2) is 30.4 Å². The van der Waals surface area contributed by atoms with Crippen molar-refractivity contribution in [2.75, 3.05) is 18.5 Å². The first-order chi connectivity index (χ1) is 11.9. The zero-order valence-corrected chi connectivity index (χ0v) is 16.0. The molecule has 3 rings (SSSR count). The van der Waals surface area contributed by atoms with E-state index in [1.54, 1.807) is 37.4 Å². The molecular formula is C16H12Cl3N3O2S. The fourth-order valence-corrected chi connectivity index (χ4v) is 3.91. The minimum absolute atomic E-state index is 0.150. The van der Waals surface area contributed by atoms with Crippen molar-refractivity contribution in [1.82, 2.24) is 10.3 Å². The summed E-state index contributed by atoms with van der Waals surface area (Å²) in [6.45, 7) is -0.150. The van der Waals surface area contributed by atoms with Gasteiger partial charge in [-0.3, -0.25) is 9.59 Å². The second-order valence-electron chi connectivity index (χ2n) is 5.23. The van der Waals surface area contributed by atoms with Crippen molar-refractivity contribution in [2.24, 2.45) is 0 Å². The van der Waals surface area contributed by atoms with Gasteiger partial charge in [-0.1, -0.05) is 40.9 Å². The predicted molar refractivity (Wildman–Crippen MR) is 103 cm³/mol. The highest BCUT2D eigenvalue weighted by atomic mass is 35.5. The topological polar surface area (TPSA) is 65.2 Å². The fraction of sp³-hybridized carbons (Fsp3) is 0.125. The maximum atomic E-state index is 12.2. The molecule has 2 N–H and O–H groups in total. The van der Waals surface area contributed by atoms with Crippen molar-refractivity contribution in [1.29, 1.82) is 0 Å². The van der Waals surface area contributed by atoms with Gasteiger partial charge in [0.05, 0.1) is 21.8 Å². The Hall–Kier alpha value is -1.73. The maximum absolute atomic E-state index is 12.2. The van der Waals surface area contributed by atoms with E-state index >= 15 is 0 Å². The van der Waals surface area contributed by atoms with Gasteiger partial charge in [-0.2, -0.15) is 0 Å². The fourth-order valence-electron chi connectivity index (χ4n) is 2.24. The number of benzene rings is 1. The lowest BCUT2D eigenvalue weighted by Gasteiger charge is -2.17. The largest absolute Gasteiger partial charge is 0.349 e. The monoisotopic (exact) mass is 415 g/mol. The van der Waals surface area contributed by atoms with Crippen molar-refractivity contribution >= 4 is 73.9 Å². The number of carbonyl (C=O) groups is 2. The van der Waals surface area contributed by atoms with E-state index in [0.29, 0.717) is 31.3 Å². The number of likely N-dealkylation sites (N-methyl/N-ethyl adjacent to an activating group) is 1. The van der Waals surface area contributed by atoms with E-state index < -0.39 is 5.91 Å². The van der Waals surface area contributed by atoms with Crippen LogP contribution < -0.4 is 10.2 Å². The van der Waals surface area contributed by atoms with Crippen molar-refractivity contribution in [2.45, 2.75) is 0 Å². The van der Waals surface area contributed by atoms with Gasteiger partial charge in [0.2, 0.25) is 5.91 Å². The Morgan fingerprint density at radius 3 is 2.68 bits per heavy atom. The highest BCUT2D eigenvalue weighted by Gasteiger charge is 2.17. The molecule has 25 heavy (non-hydrogen) atoms. The molecule has 2 aromatic heterocycles. The van der Waals surface area contributed by atoms with E-state index in [9.17, 15) is 9.59 Å². The summed E-state index contributed by atoms with van der Waals surface area (Å²) in [6.07, 6.45) is 0. The Morgan fingerprint density at radius 2 is 2.00 bits per heavy atom. The molecule has 0 radical (unpaired) electrons. The van der Waals surface area contributed by atoms with Crippen LogP contribution in [0.4, 0.5) is 5.69 Å². The summed E-state index contributed by atoms with van der Waals surface area (Å²) >= 11 is 19.2. The Kier molecular flexibility index (Phi) is 5.24. The number of nitrogens with zero attached hydrogens (tertiary/aromatic N) is 1. The van der Waals surface area contributed by atoms with Gasteiger partial charge in [-0.15, -0.1) is 11.3 Å². The number of amides is 2. The molecule has 1 aromatic carbocycles. The number of carbonyl (C=O) groups excluding carboxylic acids is 2. The van der Waals surface area contributed by atoms with Crippen molar-refractivity contribution < 1.29 is 9.59 Å². The highest BCUT2D eigenvalue weighted by Crippen LogP contribution is 2.38. The number of anilines is 1. The molecule has 5 nitrogen and oxygen atoms in total. The molecule has 0 bridgehead atoms. The van der Waals surface area contributed by atoms with Crippen molar-refractivity contribution in [3.05, 3.63) is 50.4 Å². The standard InChI is InChI=1S/C16H12Cl3N3O2S/c1-22(9-4-2-3-8(17)5-9)12(23)7-20-16(24)10-6-11-14(21-10)13(18)15(19)25-11/h2-6,21H,7H2,1H3,(H,20,24). The van der Waals surface area contributed by atoms with Gasteiger partial charge in [-0.05, 0) is 24.3 Å². The quantitative estimate of drug-likeness (QED) is 0.653. The molecule has 2 heterocycles. The summed E-state index contributed by atoms with van der Waals surface area (Å²) in [5.41, 5.74) is 1.58. The van der Waals surface area contributed by atoms with Gasteiger partial charge >= 0.3 is 0 Å². The van der Waals surface area contributed by atoms with E-state index in [1.165, 1.54) is 16.2 Å². The summed E-state index contributed by atoms with van der Waals surface area (Å²) in [7, 11) is 1.62. The molecule has 0 fully saturated rings. The van der Waals surface area contributed by atoms with Gasteiger partial charge in [0.25, 0.3) is 5.91 Å². The summed E-state index contributed by atoms with van der Waals surface area (Å²) in [4.78, 5) is 28.8. The molecule has 0 aliphatic heterocycles. The van der Waals surface area contributed by atoms with Crippen LogP contribution in [0.5, 0.6) is 0 Å². The highest BCUT2D eigenvalue weighted by molar-refractivity contribution is 7.23. The lowest BCUT2D eigenvalue weighted by atomic mass is 10.3. The number of halogens is 3. The van der Waals surface area contributed by atoms with Gasteiger partial charge < -0.3 is 15.2 Å². The predicted octanol–water partition coefficient (Wildman–Crippen LogP) is 4.58. The first-order valence-corrected chi connectivity index (χ1v) is 9.08. The molecule has 0 saturated heterocycles. The molecule has 0 aliphatic carbocycles. The number of hydrogen-bond donors (Lipinski definition) is 2. The first-order valence-electron chi connectivity index (χ1n) is 7.13. The Labute approximate surface area is 162 Å². The minimum atomic E-state index is -0.400. The summed E-state index contributed by atoms with van der Waals surface area (Å²) < 4.78 is 1.25. The second kappa shape index (κ2) is 7.25. The first kappa shape index (κ1) is 18.1. The van der Waals surface area contributed by atoms with Gasteiger partial charge in [0.15, 0.2) is 0 Å². The SMILES string of the molecule is CN(C(=O)CNC(=O)c1cc2sc(Cl)c(Cl)c2[nH]1)c1cccc(Cl)c1. The molecular weight excluding hydrogens is 405 g/mol. The number of thiophene rings is 1. The normalized spacial score (nSPS) is 10.9. The van der Waals surface area contributed by atoms with E-state index in [1.807, 2.05) is 0 Å².